The molecule has 1 aliphatic carbocycles. The Bertz CT molecular complexity index is 740. The highest BCUT2D eigenvalue weighted by atomic mass is 32.2. The van der Waals surface area contributed by atoms with Crippen molar-refractivity contribution in [3.63, 3.8) is 0 Å². The Morgan fingerprint density at radius 3 is 3.00 bits per heavy atom. The Morgan fingerprint density at radius 2 is 2.21 bits per heavy atom. The van der Waals surface area contributed by atoms with Crippen LogP contribution in [-0.4, -0.2) is 28.4 Å². The van der Waals surface area contributed by atoms with Crippen LogP contribution in [0.3, 0.4) is 0 Å². The van der Waals surface area contributed by atoms with Crippen molar-refractivity contribution in [3.05, 3.63) is 29.3 Å². The van der Waals surface area contributed by atoms with Gasteiger partial charge >= 0.3 is 0 Å². The third-order valence-corrected chi connectivity index (χ3v) is 5.26. The molecule has 2 amide bonds. The van der Waals surface area contributed by atoms with Crippen molar-refractivity contribution in [1.29, 1.82) is 0 Å². The van der Waals surface area contributed by atoms with Gasteiger partial charge in [0.1, 0.15) is 0 Å². The SMILES string of the molecule is CCc1cccc(C)c1NC(=O)CSC1=NC(=O)C2CCCC2=N1. The molecular formula is C18H21N3O2S. The van der Waals surface area contributed by atoms with Gasteiger partial charge in [0, 0.05) is 11.4 Å². The molecule has 126 valence electrons. The number of carbonyl (C=O) groups excluding carboxylic acids is 2. The fourth-order valence-electron chi connectivity index (χ4n) is 3.12. The lowest BCUT2D eigenvalue weighted by atomic mass is 10.1. The summed E-state index contributed by atoms with van der Waals surface area (Å²) < 4.78 is 0. The summed E-state index contributed by atoms with van der Waals surface area (Å²) in [6, 6.07) is 6.00. The van der Waals surface area contributed by atoms with Crippen LogP contribution in [0, 0.1) is 12.8 Å². The zero-order chi connectivity index (χ0) is 17.1. The van der Waals surface area contributed by atoms with Crippen molar-refractivity contribution in [2.45, 2.75) is 39.5 Å². The monoisotopic (exact) mass is 343 g/mol. The van der Waals surface area contributed by atoms with Crippen molar-refractivity contribution in [2.24, 2.45) is 15.9 Å². The molecule has 1 N–H and O–H groups in total. The molecule has 1 heterocycles. The van der Waals surface area contributed by atoms with E-state index >= 15 is 0 Å². The number of nitrogens with zero attached hydrogens (tertiary/aromatic N) is 2. The van der Waals surface area contributed by atoms with E-state index in [1.54, 1.807) is 0 Å². The van der Waals surface area contributed by atoms with Gasteiger partial charge < -0.3 is 5.32 Å². The standard InChI is InChI=1S/C18H21N3O2S/c1-3-12-7-4-6-11(2)16(12)20-15(22)10-24-18-19-14-9-5-8-13(14)17(23)21-18/h4,6-7,13H,3,5,8-10H2,1-2H3,(H,20,22). The van der Waals surface area contributed by atoms with Gasteiger partial charge in [0.2, 0.25) is 5.91 Å². The second kappa shape index (κ2) is 7.30. The molecule has 0 saturated heterocycles. The summed E-state index contributed by atoms with van der Waals surface area (Å²) in [6.45, 7) is 4.05. The number of amidine groups is 1. The molecule has 1 atom stereocenters. The molecule has 24 heavy (non-hydrogen) atoms. The second-order valence-electron chi connectivity index (χ2n) is 6.08. The van der Waals surface area contributed by atoms with Crippen LogP contribution < -0.4 is 5.32 Å². The highest BCUT2D eigenvalue weighted by molar-refractivity contribution is 8.14. The van der Waals surface area contributed by atoms with Crippen molar-refractivity contribution in [2.75, 3.05) is 11.1 Å². The molecule has 1 aromatic carbocycles. The Hall–Kier alpha value is -1.95. The number of thioether (sulfide) groups is 1. The minimum absolute atomic E-state index is 0.104. The molecule has 3 rings (SSSR count). The van der Waals surface area contributed by atoms with E-state index in [1.807, 2.05) is 25.1 Å². The van der Waals surface area contributed by atoms with Crippen LogP contribution >= 0.6 is 11.8 Å². The van der Waals surface area contributed by atoms with Crippen molar-refractivity contribution < 1.29 is 9.59 Å². The van der Waals surface area contributed by atoms with Gasteiger partial charge in [0.25, 0.3) is 5.91 Å². The highest BCUT2D eigenvalue weighted by Crippen LogP contribution is 2.28. The Labute approximate surface area is 146 Å². The number of aliphatic imine (C=N–C) groups is 2. The average molecular weight is 343 g/mol. The number of hydrogen-bond donors (Lipinski definition) is 1. The zero-order valence-electron chi connectivity index (χ0n) is 14.0. The fraction of sp³-hybridized carbons (Fsp3) is 0.444. The maximum absolute atomic E-state index is 12.3. The number of anilines is 1. The largest absolute Gasteiger partial charge is 0.325 e. The quantitative estimate of drug-likeness (QED) is 0.911. The fourth-order valence-corrected chi connectivity index (χ4v) is 3.79. The average Bonchev–Trinajstić information content (AvgIpc) is 3.04. The molecular weight excluding hydrogens is 322 g/mol. The van der Waals surface area contributed by atoms with Crippen molar-refractivity contribution in [1.82, 2.24) is 0 Å². The zero-order valence-corrected chi connectivity index (χ0v) is 14.8. The predicted molar refractivity (Wildman–Crippen MR) is 98.9 cm³/mol. The van der Waals surface area contributed by atoms with Gasteiger partial charge in [0.05, 0.1) is 11.7 Å². The molecule has 1 unspecified atom stereocenters. The van der Waals surface area contributed by atoms with Crippen LogP contribution in [0.4, 0.5) is 5.69 Å². The number of carbonyl (C=O) groups is 2. The summed E-state index contributed by atoms with van der Waals surface area (Å²) in [5.74, 6) is -0.117. The topological polar surface area (TPSA) is 70.9 Å². The molecule has 2 aliphatic rings. The van der Waals surface area contributed by atoms with Crippen LogP contribution in [0.25, 0.3) is 0 Å². The van der Waals surface area contributed by atoms with Gasteiger partial charge in [-0.15, -0.1) is 0 Å². The molecule has 5 nitrogen and oxygen atoms in total. The molecule has 6 heteroatoms. The number of hydrogen-bond acceptors (Lipinski definition) is 4. The first-order chi connectivity index (χ1) is 11.6. The molecule has 0 bridgehead atoms. The second-order valence-corrected chi connectivity index (χ2v) is 7.02. The van der Waals surface area contributed by atoms with Gasteiger partial charge in [0.15, 0.2) is 5.17 Å². The van der Waals surface area contributed by atoms with Crippen LogP contribution in [0.2, 0.25) is 0 Å². The molecule has 1 saturated carbocycles. The van der Waals surface area contributed by atoms with E-state index in [0.29, 0.717) is 5.17 Å². The first-order valence-corrected chi connectivity index (χ1v) is 9.28. The molecule has 1 aromatic rings. The van der Waals surface area contributed by atoms with E-state index in [4.69, 9.17) is 0 Å². The summed E-state index contributed by atoms with van der Waals surface area (Å²) in [4.78, 5) is 32.7. The predicted octanol–water partition coefficient (Wildman–Crippen LogP) is 3.37. The van der Waals surface area contributed by atoms with E-state index in [9.17, 15) is 9.59 Å². The van der Waals surface area contributed by atoms with Gasteiger partial charge in [-0.1, -0.05) is 36.9 Å². The molecule has 1 aliphatic heterocycles. The number of amides is 2. The third-order valence-electron chi connectivity index (χ3n) is 4.41. The summed E-state index contributed by atoms with van der Waals surface area (Å²) in [5.41, 5.74) is 3.99. The smallest absolute Gasteiger partial charge is 0.256 e. The minimum atomic E-state index is -0.109. The molecule has 0 radical (unpaired) electrons. The van der Waals surface area contributed by atoms with E-state index in [2.05, 4.69) is 22.2 Å². The number of aryl methyl sites for hydroxylation is 2. The number of nitrogens with one attached hydrogen (secondary N) is 1. The van der Waals surface area contributed by atoms with E-state index in [1.165, 1.54) is 11.8 Å². The number of fused-ring (bicyclic) bond motifs is 1. The first kappa shape index (κ1) is 16.9. The summed E-state index contributed by atoms with van der Waals surface area (Å²) in [7, 11) is 0. The van der Waals surface area contributed by atoms with E-state index < -0.39 is 0 Å². The third kappa shape index (κ3) is 3.59. The normalized spacial score (nSPS) is 19.6. The maximum atomic E-state index is 12.3. The molecule has 0 spiro atoms. The number of benzene rings is 1. The van der Waals surface area contributed by atoms with Gasteiger partial charge in [-0.05, 0) is 43.7 Å². The highest BCUT2D eigenvalue weighted by Gasteiger charge is 2.32. The lowest BCUT2D eigenvalue weighted by Crippen LogP contribution is -2.24. The molecule has 0 aromatic heterocycles. The van der Waals surface area contributed by atoms with Crippen molar-refractivity contribution in [3.8, 4) is 0 Å². The summed E-state index contributed by atoms with van der Waals surface area (Å²) >= 11 is 1.23. The number of para-hydroxylation sites is 1. The molecule has 1 fully saturated rings. The van der Waals surface area contributed by atoms with Crippen LogP contribution in [0.1, 0.15) is 37.3 Å². The van der Waals surface area contributed by atoms with Gasteiger partial charge in [-0.25, -0.2) is 4.99 Å². The minimum Gasteiger partial charge on any atom is -0.325 e. The van der Waals surface area contributed by atoms with Crippen LogP contribution in [-0.2, 0) is 16.0 Å². The maximum Gasteiger partial charge on any atom is 0.256 e. The van der Waals surface area contributed by atoms with E-state index in [0.717, 1.165) is 48.2 Å². The number of rotatable bonds is 4. The van der Waals surface area contributed by atoms with Crippen LogP contribution in [0.5, 0.6) is 0 Å². The van der Waals surface area contributed by atoms with Crippen molar-refractivity contribution >= 4 is 40.1 Å². The Kier molecular flexibility index (Phi) is 5.14. The first-order valence-electron chi connectivity index (χ1n) is 8.29. The van der Waals surface area contributed by atoms with E-state index in [-0.39, 0.29) is 23.5 Å². The van der Waals surface area contributed by atoms with Crippen LogP contribution in [0.15, 0.2) is 28.2 Å². The summed E-state index contributed by atoms with van der Waals surface area (Å²) in [6.07, 6.45) is 3.58. The summed E-state index contributed by atoms with van der Waals surface area (Å²) in [5, 5.41) is 3.40. The van der Waals surface area contributed by atoms with Gasteiger partial charge in [-0.2, -0.15) is 4.99 Å². The lowest BCUT2D eigenvalue weighted by molar-refractivity contribution is -0.119. The Balaban J connectivity index is 1.62. The van der Waals surface area contributed by atoms with Gasteiger partial charge in [-0.3, -0.25) is 9.59 Å². The Morgan fingerprint density at radius 1 is 1.38 bits per heavy atom. The lowest BCUT2D eigenvalue weighted by Gasteiger charge is -2.14.